The summed E-state index contributed by atoms with van der Waals surface area (Å²) in [6, 6.07) is 17.1. The number of aliphatic hydroxyl groups excluding tert-OH is 1. The molecule has 0 aliphatic heterocycles. The molecule has 3 rings (SSSR count). The van der Waals surface area contributed by atoms with Gasteiger partial charge in [-0.05, 0) is 24.6 Å². The zero-order valence-corrected chi connectivity index (χ0v) is 17.4. The number of benzene rings is 2. The lowest BCUT2D eigenvalue weighted by molar-refractivity contribution is 0.193. The first kappa shape index (κ1) is 21.0. The number of imidazole rings is 1. The van der Waals surface area contributed by atoms with E-state index in [-0.39, 0.29) is 0 Å². The molecule has 0 saturated heterocycles. The molecule has 2 aromatic carbocycles. The fraction of sp³-hybridized carbons (Fsp3) is 0.286. The Morgan fingerprint density at radius 3 is 2.59 bits per heavy atom. The second-order valence-electron chi connectivity index (χ2n) is 6.89. The van der Waals surface area contributed by atoms with Crippen molar-refractivity contribution >= 4 is 15.9 Å². The van der Waals surface area contributed by atoms with Crippen LogP contribution in [0, 0.1) is 0 Å². The van der Waals surface area contributed by atoms with Gasteiger partial charge in [-0.15, -0.1) is 0 Å². The summed E-state index contributed by atoms with van der Waals surface area (Å²) in [6.45, 7) is 4.30. The fourth-order valence-corrected chi connectivity index (χ4v) is 4.08. The minimum absolute atomic E-state index is 0.315. The van der Waals surface area contributed by atoms with Crippen LogP contribution in [-0.2, 0) is 23.2 Å². The van der Waals surface area contributed by atoms with Crippen molar-refractivity contribution in [3.63, 3.8) is 0 Å². The highest BCUT2D eigenvalue weighted by Crippen LogP contribution is 2.24. The van der Waals surface area contributed by atoms with Crippen LogP contribution in [0.25, 0.3) is 11.3 Å². The molecule has 0 aliphatic rings. The van der Waals surface area contributed by atoms with Gasteiger partial charge in [0.1, 0.15) is 0 Å². The Morgan fingerprint density at radius 1 is 1.14 bits per heavy atom. The molecule has 0 bridgehead atoms. The molecule has 29 heavy (non-hydrogen) atoms. The monoisotopic (exact) mass is 414 g/mol. The van der Waals surface area contributed by atoms with E-state index in [4.69, 9.17) is 0 Å². The van der Waals surface area contributed by atoms with Crippen molar-refractivity contribution in [1.29, 1.82) is 0 Å². The van der Waals surface area contributed by atoms with E-state index < -0.39 is 16.3 Å². The molecule has 0 spiro atoms. The third-order valence-corrected chi connectivity index (χ3v) is 5.52. The van der Waals surface area contributed by atoms with E-state index in [2.05, 4.69) is 14.4 Å². The number of aliphatic hydroxyl groups is 1. The van der Waals surface area contributed by atoms with Gasteiger partial charge in [0.15, 0.2) is 0 Å². The van der Waals surface area contributed by atoms with E-state index in [9.17, 15) is 13.5 Å². The summed E-state index contributed by atoms with van der Waals surface area (Å²) in [5.41, 5.74) is 4.18. The number of hydrogen-bond donors (Lipinski definition) is 3. The van der Waals surface area contributed by atoms with E-state index >= 15 is 0 Å². The molecule has 3 aromatic rings. The number of aromatic nitrogens is 2. The first-order chi connectivity index (χ1) is 13.9. The Balaban J connectivity index is 1.88. The van der Waals surface area contributed by atoms with Gasteiger partial charge in [0.05, 0.1) is 23.8 Å². The largest absolute Gasteiger partial charge is 0.393 e. The van der Waals surface area contributed by atoms with Gasteiger partial charge in [-0.3, -0.25) is 4.72 Å². The van der Waals surface area contributed by atoms with E-state index in [1.807, 2.05) is 47.0 Å². The van der Waals surface area contributed by atoms with Crippen molar-refractivity contribution in [2.45, 2.75) is 32.9 Å². The molecule has 1 atom stereocenters. The Bertz CT molecular complexity index is 1050. The van der Waals surface area contributed by atoms with Crippen molar-refractivity contribution in [3.05, 3.63) is 72.2 Å². The van der Waals surface area contributed by atoms with Gasteiger partial charge in [-0.2, -0.15) is 13.1 Å². The number of rotatable bonds is 9. The van der Waals surface area contributed by atoms with Crippen LogP contribution in [0.5, 0.6) is 0 Å². The van der Waals surface area contributed by atoms with Crippen LogP contribution in [0.3, 0.4) is 0 Å². The maximum absolute atomic E-state index is 11.9. The van der Waals surface area contributed by atoms with Crippen molar-refractivity contribution in [1.82, 2.24) is 14.3 Å². The van der Waals surface area contributed by atoms with Gasteiger partial charge in [0, 0.05) is 30.8 Å². The summed E-state index contributed by atoms with van der Waals surface area (Å²) >= 11 is 0. The molecule has 7 nitrogen and oxygen atoms in total. The lowest BCUT2D eigenvalue weighted by atomic mass is 10.1. The minimum Gasteiger partial charge on any atom is -0.393 e. The van der Waals surface area contributed by atoms with E-state index in [1.165, 1.54) is 0 Å². The average molecular weight is 415 g/mol. The first-order valence-electron chi connectivity index (χ1n) is 9.52. The molecule has 1 heterocycles. The molecule has 0 fully saturated rings. The smallest absolute Gasteiger partial charge is 0.299 e. The second kappa shape index (κ2) is 9.21. The van der Waals surface area contributed by atoms with Crippen molar-refractivity contribution in [2.75, 3.05) is 11.3 Å². The highest BCUT2D eigenvalue weighted by Gasteiger charge is 2.15. The van der Waals surface area contributed by atoms with Gasteiger partial charge in [0.2, 0.25) is 0 Å². The van der Waals surface area contributed by atoms with Crippen molar-refractivity contribution in [2.24, 2.45) is 0 Å². The SMILES string of the molecule is CCNS(=O)(=O)Nc1cccc(Cn2cnc(-c3ccccc3)c2CC(C)O)c1. The predicted octanol–water partition coefficient (Wildman–Crippen LogP) is 2.79. The lowest BCUT2D eigenvalue weighted by Crippen LogP contribution is -2.29. The maximum atomic E-state index is 11.9. The molecule has 3 N–H and O–H groups in total. The molecule has 1 unspecified atom stereocenters. The molecule has 0 radical (unpaired) electrons. The first-order valence-corrected chi connectivity index (χ1v) is 11.0. The summed E-state index contributed by atoms with van der Waals surface area (Å²) < 4.78 is 30.8. The van der Waals surface area contributed by atoms with Crippen LogP contribution in [0.4, 0.5) is 5.69 Å². The van der Waals surface area contributed by atoms with Crippen LogP contribution >= 0.6 is 0 Å². The molecule has 8 heteroatoms. The maximum Gasteiger partial charge on any atom is 0.299 e. The second-order valence-corrected chi connectivity index (χ2v) is 8.39. The fourth-order valence-electron chi connectivity index (χ4n) is 3.19. The molecule has 0 saturated carbocycles. The number of nitrogens with zero attached hydrogens (tertiary/aromatic N) is 2. The normalized spacial score (nSPS) is 12.7. The summed E-state index contributed by atoms with van der Waals surface area (Å²) in [5, 5.41) is 9.98. The highest BCUT2D eigenvalue weighted by atomic mass is 32.2. The van der Waals surface area contributed by atoms with Gasteiger partial charge in [-0.1, -0.05) is 49.4 Å². The Kier molecular flexibility index (Phi) is 6.68. The zero-order valence-electron chi connectivity index (χ0n) is 16.5. The minimum atomic E-state index is -3.58. The molecule has 0 amide bonds. The topological polar surface area (TPSA) is 96.3 Å². The van der Waals surface area contributed by atoms with Gasteiger partial charge < -0.3 is 9.67 Å². The molecule has 0 aliphatic carbocycles. The summed E-state index contributed by atoms with van der Waals surface area (Å²) in [7, 11) is -3.58. The van der Waals surface area contributed by atoms with E-state index in [0.29, 0.717) is 25.2 Å². The van der Waals surface area contributed by atoms with E-state index in [1.54, 1.807) is 32.3 Å². The van der Waals surface area contributed by atoms with E-state index in [0.717, 1.165) is 22.5 Å². The third-order valence-electron chi connectivity index (χ3n) is 4.35. The summed E-state index contributed by atoms with van der Waals surface area (Å²) in [6.07, 6.45) is 1.72. The number of nitrogens with one attached hydrogen (secondary N) is 2. The van der Waals surface area contributed by atoms with Crippen LogP contribution in [0.1, 0.15) is 25.1 Å². The van der Waals surface area contributed by atoms with Gasteiger partial charge in [-0.25, -0.2) is 4.98 Å². The standard InChI is InChI=1S/C21H26N4O3S/c1-3-23-29(27,28)24-19-11-7-8-17(13-19)14-25-15-22-21(20(25)12-16(2)26)18-9-5-4-6-10-18/h4-11,13,15-16,23-24,26H,3,12,14H2,1-2H3. The van der Waals surface area contributed by atoms with Crippen LogP contribution in [0.2, 0.25) is 0 Å². The summed E-state index contributed by atoms with van der Waals surface area (Å²) in [4.78, 5) is 4.57. The van der Waals surface area contributed by atoms with Gasteiger partial charge in [0.25, 0.3) is 10.2 Å². The lowest BCUT2D eigenvalue weighted by Gasteiger charge is -2.13. The van der Waals surface area contributed by atoms with Crippen LogP contribution in [0.15, 0.2) is 60.9 Å². The summed E-state index contributed by atoms with van der Waals surface area (Å²) in [5.74, 6) is 0. The Morgan fingerprint density at radius 2 is 1.90 bits per heavy atom. The molecule has 154 valence electrons. The average Bonchev–Trinajstić information content (AvgIpc) is 3.04. The van der Waals surface area contributed by atoms with Crippen molar-refractivity contribution in [3.8, 4) is 11.3 Å². The molecule has 1 aromatic heterocycles. The molecular formula is C21H26N4O3S. The Hall–Kier alpha value is -2.68. The number of hydrogen-bond acceptors (Lipinski definition) is 4. The quantitative estimate of drug-likeness (QED) is 0.502. The Labute approximate surface area is 171 Å². The highest BCUT2D eigenvalue weighted by molar-refractivity contribution is 7.90. The third kappa shape index (κ3) is 5.66. The number of anilines is 1. The van der Waals surface area contributed by atoms with Crippen LogP contribution in [-0.4, -0.2) is 35.7 Å². The zero-order chi connectivity index (χ0) is 20.9. The van der Waals surface area contributed by atoms with Crippen molar-refractivity contribution < 1.29 is 13.5 Å². The van der Waals surface area contributed by atoms with Crippen LogP contribution < -0.4 is 9.44 Å². The predicted molar refractivity (Wildman–Crippen MR) is 115 cm³/mol. The molecular weight excluding hydrogens is 388 g/mol. The van der Waals surface area contributed by atoms with Gasteiger partial charge >= 0.3 is 0 Å².